The van der Waals surface area contributed by atoms with Gasteiger partial charge in [0.1, 0.15) is 0 Å². The summed E-state index contributed by atoms with van der Waals surface area (Å²) in [4.78, 5) is 0. The molecule has 0 heterocycles. The Morgan fingerprint density at radius 2 is 2.00 bits per heavy atom. The van der Waals surface area contributed by atoms with Gasteiger partial charge in [-0.3, -0.25) is 0 Å². The standard InChI is InChI=1S/C18H29NO2/c1-3-10-18(21,11-4-2)12-8-15-6-5-7-16(14-15)17(20)9-13-19/h5-8,12,14,17,20-21H,3-4,9-11,13,19H2,1-2H3/i8D,12D. The number of hydrogen-bond donors (Lipinski definition) is 3. The topological polar surface area (TPSA) is 66.5 Å². The van der Waals surface area contributed by atoms with E-state index in [4.69, 9.17) is 8.48 Å². The van der Waals surface area contributed by atoms with E-state index in [9.17, 15) is 10.2 Å². The van der Waals surface area contributed by atoms with Crippen molar-refractivity contribution in [2.75, 3.05) is 6.54 Å². The minimum atomic E-state index is -1.26. The summed E-state index contributed by atoms with van der Waals surface area (Å²) in [7, 11) is 0. The lowest BCUT2D eigenvalue weighted by Gasteiger charge is -2.23. The fourth-order valence-electron chi connectivity index (χ4n) is 2.41. The zero-order valence-corrected chi connectivity index (χ0v) is 13.1. The predicted molar refractivity (Wildman–Crippen MR) is 88.9 cm³/mol. The van der Waals surface area contributed by atoms with Crippen molar-refractivity contribution in [2.45, 2.75) is 57.7 Å². The molecule has 0 aliphatic rings. The van der Waals surface area contributed by atoms with E-state index in [1.807, 2.05) is 13.8 Å². The van der Waals surface area contributed by atoms with Crippen LogP contribution < -0.4 is 5.73 Å². The van der Waals surface area contributed by atoms with Crippen LogP contribution in [0, 0.1) is 0 Å². The summed E-state index contributed by atoms with van der Waals surface area (Å²) in [5, 5.41) is 20.8. The average molecular weight is 293 g/mol. The van der Waals surface area contributed by atoms with Gasteiger partial charge in [0.05, 0.1) is 14.4 Å². The molecule has 3 heteroatoms. The van der Waals surface area contributed by atoms with Crippen molar-refractivity contribution in [1.82, 2.24) is 0 Å². The van der Waals surface area contributed by atoms with E-state index < -0.39 is 11.7 Å². The van der Waals surface area contributed by atoms with E-state index >= 15 is 0 Å². The van der Waals surface area contributed by atoms with Gasteiger partial charge in [-0.15, -0.1) is 0 Å². The highest BCUT2D eigenvalue weighted by Gasteiger charge is 2.20. The van der Waals surface area contributed by atoms with Crippen LogP contribution in [0.15, 0.2) is 30.3 Å². The molecule has 1 aromatic rings. The molecule has 0 fully saturated rings. The smallest absolute Gasteiger partial charge is 0.0830 e. The van der Waals surface area contributed by atoms with Crippen LogP contribution in [-0.2, 0) is 0 Å². The maximum absolute atomic E-state index is 10.7. The predicted octanol–water partition coefficient (Wildman–Crippen LogP) is 3.41. The van der Waals surface area contributed by atoms with Gasteiger partial charge in [0.2, 0.25) is 0 Å². The number of aliphatic hydroxyl groups excluding tert-OH is 1. The molecule has 0 radical (unpaired) electrons. The molecule has 0 aliphatic heterocycles. The van der Waals surface area contributed by atoms with E-state index in [2.05, 4.69) is 0 Å². The maximum Gasteiger partial charge on any atom is 0.0830 e. The maximum atomic E-state index is 10.7. The molecule has 0 spiro atoms. The molecule has 4 N–H and O–H groups in total. The fraction of sp³-hybridized carbons (Fsp3) is 0.556. The first-order valence-electron chi connectivity index (χ1n) is 8.78. The molecule has 0 aliphatic carbocycles. The molecular formula is C18H29NO2. The summed E-state index contributed by atoms with van der Waals surface area (Å²) in [6, 6.07) is 6.93. The van der Waals surface area contributed by atoms with Gasteiger partial charge in [0, 0.05) is 0 Å². The van der Waals surface area contributed by atoms with Crippen molar-refractivity contribution < 1.29 is 13.0 Å². The van der Waals surface area contributed by atoms with Crippen LogP contribution >= 0.6 is 0 Å². The van der Waals surface area contributed by atoms with Crippen LogP contribution in [-0.4, -0.2) is 22.4 Å². The number of hydrogen-bond acceptors (Lipinski definition) is 3. The second-order valence-electron chi connectivity index (χ2n) is 5.50. The van der Waals surface area contributed by atoms with Gasteiger partial charge >= 0.3 is 0 Å². The van der Waals surface area contributed by atoms with E-state index in [-0.39, 0.29) is 12.1 Å². The monoisotopic (exact) mass is 293 g/mol. The van der Waals surface area contributed by atoms with Crippen LogP contribution in [0.4, 0.5) is 0 Å². The fourth-order valence-corrected chi connectivity index (χ4v) is 2.41. The van der Waals surface area contributed by atoms with E-state index in [1.54, 1.807) is 24.3 Å². The van der Waals surface area contributed by atoms with Crippen LogP contribution in [0.25, 0.3) is 6.05 Å². The van der Waals surface area contributed by atoms with Crippen LogP contribution in [0.2, 0.25) is 0 Å². The molecule has 1 aromatic carbocycles. The van der Waals surface area contributed by atoms with Crippen molar-refractivity contribution in [3.63, 3.8) is 0 Å². The van der Waals surface area contributed by atoms with Crippen molar-refractivity contribution in [2.24, 2.45) is 5.73 Å². The highest BCUT2D eigenvalue weighted by Crippen LogP contribution is 2.23. The average Bonchev–Trinajstić information content (AvgIpc) is 2.54. The van der Waals surface area contributed by atoms with Gasteiger partial charge in [0.15, 0.2) is 0 Å². The number of rotatable bonds is 9. The summed E-state index contributed by atoms with van der Waals surface area (Å²) in [5.74, 6) is 0. The first-order valence-corrected chi connectivity index (χ1v) is 7.78. The summed E-state index contributed by atoms with van der Waals surface area (Å²) in [6.07, 6.45) is 2.22. The Hall–Kier alpha value is -1.16. The van der Waals surface area contributed by atoms with E-state index in [0.29, 0.717) is 36.9 Å². The third-order valence-electron chi connectivity index (χ3n) is 3.48. The minimum Gasteiger partial charge on any atom is -0.388 e. The number of benzene rings is 1. The van der Waals surface area contributed by atoms with Gasteiger partial charge in [0.25, 0.3) is 0 Å². The second kappa shape index (κ2) is 8.98. The molecule has 1 rings (SSSR count). The van der Waals surface area contributed by atoms with Gasteiger partial charge in [-0.25, -0.2) is 0 Å². The summed E-state index contributed by atoms with van der Waals surface area (Å²) >= 11 is 0. The lowest BCUT2D eigenvalue weighted by atomic mass is 9.91. The van der Waals surface area contributed by atoms with E-state index in [0.717, 1.165) is 12.8 Å². The molecule has 0 aromatic heterocycles. The molecule has 1 unspecified atom stereocenters. The minimum absolute atomic E-state index is 0.0104. The number of aliphatic hydroxyl groups is 2. The summed E-state index contributed by atoms with van der Waals surface area (Å²) in [6.45, 7) is 4.30. The van der Waals surface area contributed by atoms with Crippen molar-refractivity contribution in [3.8, 4) is 0 Å². The molecule has 0 saturated carbocycles. The van der Waals surface area contributed by atoms with Crippen molar-refractivity contribution in [3.05, 3.63) is 41.4 Å². The molecular weight excluding hydrogens is 262 g/mol. The van der Waals surface area contributed by atoms with Crippen LogP contribution in [0.5, 0.6) is 0 Å². The first-order chi connectivity index (χ1) is 10.9. The molecule has 1 atom stereocenters. The largest absolute Gasteiger partial charge is 0.388 e. The molecule has 3 nitrogen and oxygen atoms in total. The van der Waals surface area contributed by atoms with Crippen LogP contribution in [0.1, 0.15) is 65.9 Å². The normalized spacial score (nSPS) is 16.0. The van der Waals surface area contributed by atoms with Gasteiger partial charge in [-0.1, -0.05) is 57.0 Å². The lowest BCUT2D eigenvalue weighted by Crippen LogP contribution is -2.24. The Labute approximate surface area is 131 Å². The second-order valence-corrected chi connectivity index (χ2v) is 5.50. The first kappa shape index (κ1) is 14.8. The molecule has 0 bridgehead atoms. The SMILES string of the molecule is [2H]C(=C([2H])C(O)(CCC)CCC)c1cccc(C(O)CCN)c1. The molecule has 21 heavy (non-hydrogen) atoms. The zero-order chi connectivity index (χ0) is 17.5. The highest BCUT2D eigenvalue weighted by molar-refractivity contribution is 5.52. The Bertz CT molecular complexity index is 526. The third kappa shape index (κ3) is 6.00. The summed E-state index contributed by atoms with van der Waals surface area (Å²) < 4.78 is 16.6. The van der Waals surface area contributed by atoms with Crippen LogP contribution in [0.3, 0.4) is 0 Å². The highest BCUT2D eigenvalue weighted by atomic mass is 16.3. The Kier molecular flexibility index (Phi) is 6.31. The van der Waals surface area contributed by atoms with Crippen molar-refractivity contribution >= 4 is 6.05 Å². The Morgan fingerprint density at radius 1 is 1.33 bits per heavy atom. The zero-order valence-electron chi connectivity index (χ0n) is 15.1. The molecule has 118 valence electrons. The Balaban J connectivity index is 3.19. The van der Waals surface area contributed by atoms with Gasteiger partial charge in [-0.05, 0) is 43.0 Å². The Morgan fingerprint density at radius 3 is 2.57 bits per heavy atom. The van der Waals surface area contributed by atoms with E-state index in [1.165, 1.54) is 0 Å². The van der Waals surface area contributed by atoms with Gasteiger partial charge in [-0.2, -0.15) is 0 Å². The number of nitrogens with two attached hydrogens (primary N) is 1. The third-order valence-corrected chi connectivity index (χ3v) is 3.48. The molecule has 0 amide bonds. The molecule has 0 saturated heterocycles. The quantitative estimate of drug-likeness (QED) is 0.653. The summed E-state index contributed by atoms with van der Waals surface area (Å²) in [5.41, 5.74) is 5.43. The van der Waals surface area contributed by atoms with Gasteiger partial charge < -0.3 is 15.9 Å². The van der Waals surface area contributed by atoms with Crippen molar-refractivity contribution in [1.29, 1.82) is 0 Å². The lowest BCUT2D eigenvalue weighted by molar-refractivity contribution is 0.0714.